The Hall–Kier alpha value is -1.95. The number of hydrogen-bond donors (Lipinski definition) is 1. The van der Waals surface area contributed by atoms with E-state index in [2.05, 4.69) is 24.1 Å². The summed E-state index contributed by atoms with van der Waals surface area (Å²) in [5.74, 6) is 0.532. The Morgan fingerprint density at radius 2 is 1.84 bits per heavy atom. The van der Waals surface area contributed by atoms with Crippen LogP contribution in [-0.4, -0.2) is 40.4 Å². The molecule has 2 bridgehead atoms. The second kappa shape index (κ2) is 7.52. The van der Waals surface area contributed by atoms with E-state index in [-0.39, 0.29) is 17.6 Å². The van der Waals surface area contributed by atoms with Crippen LogP contribution >= 0.6 is 0 Å². The molecule has 3 rings (SSSR count). The fourth-order valence-electron chi connectivity index (χ4n) is 4.32. The molecule has 6 nitrogen and oxygen atoms in total. The standard InChI is InChI=1S/C19H27N3O3/c1-13(2)12-21-17-4-3-5-18(21)11-15(10-17)20-19(23)14-6-8-16(9-7-14)22(24)25/h6-9,13,15,17-18H,3-5,10-12H2,1-2H3,(H,20,23)/t17-,18-/m0/s1. The van der Waals surface area contributed by atoms with Crippen molar-refractivity contribution in [2.24, 2.45) is 5.92 Å². The van der Waals surface area contributed by atoms with E-state index in [9.17, 15) is 14.9 Å². The molecule has 0 unspecified atom stereocenters. The number of carbonyl (C=O) groups excluding carboxylic acids is 1. The van der Waals surface area contributed by atoms with Gasteiger partial charge in [-0.15, -0.1) is 0 Å². The van der Waals surface area contributed by atoms with E-state index in [1.165, 1.54) is 43.5 Å². The van der Waals surface area contributed by atoms with Gasteiger partial charge in [0.05, 0.1) is 4.92 Å². The van der Waals surface area contributed by atoms with Gasteiger partial charge in [-0.2, -0.15) is 0 Å². The van der Waals surface area contributed by atoms with E-state index < -0.39 is 4.92 Å². The summed E-state index contributed by atoms with van der Waals surface area (Å²) in [5, 5.41) is 13.9. The number of nitrogens with one attached hydrogen (secondary N) is 1. The molecule has 2 fully saturated rings. The van der Waals surface area contributed by atoms with Gasteiger partial charge in [0.2, 0.25) is 0 Å². The molecule has 2 aliphatic heterocycles. The van der Waals surface area contributed by atoms with Crippen LogP contribution in [-0.2, 0) is 0 Å². The van der Waals surface area contributed by atoms with Crippen LogP contribution in [0.1, 0.15) is 56.3 Å². The van der Waals surface area contributed by atoms with Crippen LogP contribution in [0.2, 0.25) is 0 Å². The highest BCUT2D eigenvalue weighted by molar-refractivity contribution is 5.94. The van der Waals surface area contributed by atoms with Crippen molar-refractivity contribution in [3.8, 4) is 0 Å². The number of rotatable bonds is 5. The molecule has 2 aliphatic rings. The SMILES string of the molecule is CC(C)CN1[C@H]2CCC[C@H]1CC(NC(=O)c1ccc([N+](=O)[O-])cc1)C2. The minimum Gasteiger partial charge on any atom is -0.349 e. The number of piperidine rings is 2. The molecule has 1 aromatic rings. The Balaban J connectivity index is 1.62. The smallest absolute Gasteiger partial charge is 0.269 e. The normalized spacial score (nSPS) is 26.4. The van der Waals surface area contributed by atoms with Gasteiger partial charge in [0.15, 0.2) is 0 Å². The Labute approximate surface area is 148 Å². The summed E-state index contributed by atoms with van der Waals surface area (Å²) in [5.41, 5.74) is 0.494. The Bertz CT molecular complexity index is 615. The van der Waals surface area contributed by atoms with Crippen molar-refractivity contribution in [2.45, 2.75) is 64.1 Å². The van der Waals surface area contributed by atoms with Gasteiger partial charge in [-0.3, -0.25) is 19.8 Å². The van der Waals surface area contributed by atoms with E-state index in [1.54, 1.807) is 0 Å². The average molecular weight is 345 g/mol. The van der Waals surface area contributed by atoms with Crippen molar-refractivity contribution in [1.29, 1.82) is 0 Å². The highest BCUT2D eigenvalue weighted by atomic mass is 16.6. The van der Waals surface area contributed by atoms with Gasteiger partial charge < -0.3 is 5.32 Å². The first-order valence-electron chi connectivity index (χ1n) is 9.25. The van der Waals surface area contributed by atoms with Crippen molar-refractivity contribution in [3.63, 3.8) is 0 Å². The largest absolute Gasteiger partial charge is 0.349 e. The van der Waals surface area contributed by atoms with Gasteiger partial charge in [0, 0.05) is 42.4 Å². The first-order valence-corrected chi connectivity index (χ1v) is 9.25. The lowest BCUT2D eigenvalue weighted by Gasteiger charge is -2.49. The lowest BCUT2D eigenvalue weighted by Crippen LogP contribution is -2.57. The molecule has 2 saturated heterocycles. The molecular formula is C19H27N3O3. The second-order valence-electron chi connectivity index (χ2n) is 7.77. The van der Waals surface area contributed by atoms with Gasteiger partial charge in [0.1, 0.15) is 0 Å². The molecule has 1 N–H and O–H groups in total. The highest BCUT2D eigenvalue weighted by Gasteiger charge is 2.38. The maximum absolute atomic E-state index is 12.5. The molecule has 1 amide bonds. The summed E-state index contributed by atoms with van der Waals surface area (Å²) in [6.45, 7) is 5.66. The number of nitro benzene ring substituents is 1. The molecule has 2 heterocycles. The number of non-ortho nitro benzene ring substituents is 1. The summed E-state index contributed by atoms with van der Waals surface area (Å²) in [6.07, 6.45) is 5.72. The van der Waals surface area contributed by atoms with E-state index >= 15 is 0 Å². The highest BCUT2D eigenvalue weighted by Crippen LogP contribution is 2.34. The summed E-state index contributed by atoms with van der Waals surface area (Å²) in [6, 6.07) is 7.16. The molecule has 25 heavy (non-hydrogen) atoms. The molecular weight excluding hydrogens is 318 g/mol. The van der Waals surface area contributed by atoms with E-state index in [4.69, 9.17) is 0 Å². The maximum Gasteiger partial charge on any atom is 0.269 e. The molecule has 2 atom stereocenters. The topological polar surface area (TPSA) is 75.5 Å². The zero-order valence-corrected chi connectivity index (χ0v) is 15.0. The molecule has 0 aromatic heterocycles. The number of hydrogen-bond acceptors (Lipinski definition) is 4. The number of amides is 1. The molecule has 0 radical (unpaired) electrons. The van der Waals surface area contributed by atoms with E-state index in [0.29, 0.717) is 23.6 Å². The molecule has 136 valence electrons. The zero-order valence-electron chi connectivity index (χ0n) is 15.0. The predicted molar refractivity (Wildman–Crippen MR) is 96.6 cm³/mol. The third-order valence-corrected chi connectivity index (χ3v) is 5.38. The molecule has 0 saturated carbocycles. The number of nitrogens with zero attached hydrogens (tertiary/aromatic N) is 2. The van der Waals surface area contributed by atoms with Gasteiger partial charge >= 0.3 is 0 Å². The Kier molecular flexibility index (Phi) is 5.37. The Morgan fingerprint density at radius 3 is 2.36 bits per heavy atom. The monoisotopic (exact) mass is 345 g/mol. The van der Waals surface area contributed by atoms with Gasteiger partial charge in [-0.05, 0) is 43.7 Å². The first kappa shape index (κ1) is 17.9. The quantitative estimate of drug-likeness (QED) is 0.656. The third-order valence-electron chi connectivity index (χ3n) is 5.38. The van der Waals surface area contributed by atoms with Crippen molar-refractivity contribution in [3.05, 3.63) is 39.9 Å². The zero-order chi connectivity index (χ0) is 18.0. The van der Waals surface area contributed by atoms with Gasteiger partial charge in [0.25, 0.3) is 11.6 Å². The van der Waals surface area contributed by atoms with Crippen LogP contribution in [0.25, 0.3) is 0 Å². The number of benzene rings is 1. The first-order chi connectivity index (χ1) is 11.9. The van der Waals surface area contributed by atoms with Crippen LogP contribution in [0.15, 0.2) is 24.3 Å². The van der Waals surface area contributed by atoms with Crippen LogP contribution in [0.3, 0.4) is 0 Å². The van der Waals surface area contributed by atoms with Crippen LogP contribution in [0.5, 0.6) is 0 Å². The fourth-order valence-corrected chi connectivity index (χ4v) is 4.32. The molecule has 6 heteroatoms. The summed E-state index contributed by atoms with van der Waals surface area (Å²) in [7, 11) is 0. The van der Waals surface area contributed by atoms with Crippen LogP contribution in [0.4, 0.5) is 5.69 Å². The van der Waals surface area contributed by atoms with Gasteiger partial charge in [-0.1, -0.05) is 20.3 Å². The summed E-state index contributed by atoms with van der Waals surface area (Å²) < 4.78 is 0. The lowest BCUT2D eigenvalue weighted by atomic mass is 9.81. The van der Waals surface area contributed by atoms with Crippen molar-refractivity contribution >= 4 is 11.6 Å². The maximum atomic E-state index is 12.5. The summed E-state index contributed by atoms with van der Waals surface area (Å²) in [4.78, 5) is 25.4. The van der Waals surface area contributed by atoms with Crippen molar-refractivity contribution in [1.82, 2.24) is 10.2 Å². The van der Waals surface area contributed by atoms with Crippen molar-refractivity contribution < 1.29 is 9.72 Å². The molecule has 0 spiro atoms. The number of fused-ring (bicyclic) bond motifs is 2. The van der Waals surface area contributed by atoms with E-state index in [1.807, 2.05) is 0 Å². The van der Waals surface area contributed by atoms with E-state index in [0.717, 1.165) is 19.4 Å². The summed E-state index contributed by atoms with van der Waals surface area (Å²) >= 11 is 0. The van der Waals surface area contributed by atoms with Crippen LogP contribution < -0.4 is 5.32 Å². The third kappa shape index (κ3) is 4.18. The van der Waals surface area contributed by atoms with Crippen LogP contribution in [0, 0.1) is 16.0 Å². The minimum atomic E-state index is -0.451. The molecule has 0 aliphatic carbocycles. The lowest BCUT2D eigenvalue weighted by molar-refractivity contribution is -0.384. The Morgan fingerprint density at radius 1 is 1.24 bits per heavy atom. The number of carbonyl (C=O) groups is 1. The second-order valence-corrected chi connectivity index (χ2v) is 7.77. The van der Waals surface area contributed by atoms with Crippen molar-refractivity contribution in [2.75, 3.05) is 6.54 Å². The fraction of sp³-hybridized carbons (Fsp3) is 0.632. The van der Waals surface area contributed by atoms with Gasteiger partial charge in [-0.25, -0.2) is 0 Å². The minimum absolute atomic E-state index is 0.00748. The predicted octanol–water partition coefficient (Wildman–Crippen LogP) is 3.37. The number of nitro groups is 1. The molecule has 1 aromatic carbocycles. The average Bonchev–Trinajstić information content (AvgIpc) is 2.55.